The van der Waals surface area contributed by atoms with Gasteiger partial charge in [-0.2, -0.15) is 0 Å². The highest BCUT2D eigenvalue weighted by atomic mass is 16.2. The molecule has 3 amide bonds. The van der Waals surface area contributed by atoms with E-state index in [1.807, 2.05) is 6.92 Å². The minimum absolute atomic E-state index is 0.164. The molecule has 2 saturated carbocycles. The first-order chi connectivity index (χ1) is 10.1. The molecule has 0 aromatic carbocycles. The number of rotatable bonds is 3. The summed E-state index contributed by atoms with van der Waals surface area (Å²) in [5.74, 6) is 1.45. The average Bonchev–Trinajstić information content (AvgIpc) is 3.29. The lowest BCUT2D eigenvalue weighted by Gasteiger charge is -2.43. The van der Waals surface area contributed by atoms with Crippen LogP contribution in [0, 0.1) is 11.8 Å². The molecule has 2 N–H and O–H groups in total. The predicted octanol–water partition coefficient (Wildman–Crippen LogP) is 1.88. The van der Waals surface area contributed by atoms with Crippen LogP contribution >= 0.6 is 0 Å². The highest BCUT2D eigenvalue weighted by Crippen LogP contribution is 2.36. The Hall–Kier alpha value is -1.10. The molecule has 3 aliphatic rings. The van der Waals surface area contributed by atoms with E-state index in [-0.39, 0.29) is 24.0 Å². The summed E-state index contributed by atoms with van der Waals surface area (Å²) in [5.41, 5.74) is 0. The quantitative estimate of drug-likeness (QED) is 0.835. The molecule has 118 valence electrons. The van der Waals surface area contributed by atoms with Crippen LogP contribution in [0.4, 0.5) is 4.79 Å². The Morgan fingerprint density at radius 3 is 2.48 bits per heavy atom. The first-order valence-corrected chi connectivity index (χ1v) is 8.49. The summed E-state index contributed by atoms with van der Waals surface area (Å²) >= 11 is 0. The number of amides is 3. The number of carbonyl (C=O) groups is 2. The van der Waals surface area contributed by atoms with Crippen LogP contribution in [-0.2, 0) is 4.79 Å². The van der Waals surface area contributed by atoms with E-state index in [2.05, 4.69) is 15.5 Å². The number of nitrogens with zero attached hydrogens (tertiary/aromatic N) is 1. The van der Waals surface area contributed by atoms with E-state index in [9.17, 15) is 9.59 Å². The Labute approximate surface area is 126 Å². The zero-order valence-corrected chi connectivity index (χ0v) is 12.9. The third kappa shape index (κ3) is 3.76. The summed E-state index contributed by atoms with van der Waals surface area (Å²) in [5, 5.41) is 5.29. The highest BCUT2D eigenvalue weighted by Gasteiger charge is 2.35. The number of nitrogens with one attached hydrogen (secondary N) is 2. The van der Waals surface area contributed by atoms with Gasteiger partial charge in [-0.25, -0.2) is 4.79 Å². The first kappa shape index (κ1) is 14.8. The van der Waals surface area contributed by atoms with E-state index < -0.39 is 0 Å². The van der Waals surface area contributed by atoms with Gasteiger partial charge in [0.25, 0.3) is 0 Å². The molecule has 0 bridgehead atoms. The van der Waals surface area contributed by atoms with Crippen LogP contribution in [-0.4, -0.2) is 42.0 Å². The number of likely N-dealkylation sites (tertiary alicyclic amines) is 1. The van der Waals surface area contributed by atoms with E-state index in [0.29, 0.717) is 0 Å². The molecule has 1 aliphatic heterocycles. The van der Waals surface area contributed by atoms with Gasteiger partial charge in [0.05, 0.1) is 6.04 Å². The molecule has 1 saturated heterocycles. The van der Waals surface area contributed by atoms with Crippen LogP contribution in [0.1, 0.15) is 51.9 Å². The van der Waals surface area contributed by atoms with E-state index in [1.54, 1.807) is 0 Å². The Morgan fingerprint density at radius 2 is 1.76 bits per heavy atom. The number of fused-ring (bicyclic) bond motifs is 1. The van der Waals surface area contributed by atoms with Crippen molar-refractivity contribution in [2.75, 3.05) is 13.1 Å². The van der Waals surface area contributed by atoms with E-state index in [1.165, 1.54) is 32.1 Å². The van der Waals surface area contributed by atoms with Crippen LogP contribution in [0.25, 0.3) is 0 Å². The van der Waals surface area contributed by atoms with Crippen LogP contribution in [0.3, 0.4) is 0 Å². The molecule has 2 aliphatic carbocycles. The van der Waals surface area contributed by atoms with E-state index in [4.69, 9.17) is 0 Å². The van der Waals surface area contributed by atoms with Gasteiger partial charge in [0.15, 0.2) is 0 Å². The molecule has 0 radical (unpaired) electrons. The maximum Gasteiger partial charge on any atom is 0.321 e. The average molecular weight is 293 g/mol. The van der Waals surface area contributed by atoms with Gasteiger partial charge in [-0.05, 0) is 51.0 Å². The standard InChI is InChI=1S/C16H27N3O2/c1-11(15(20)18-16(21)17-14-6-7-14)19-9-8-12-4-2-3-5-13(12)10-19/h11-14H,2-10H2,1H3,(H2,17,18,20,21)/t11-,12+,13-/m1/s1. The van der Waals surface area contributed by atoms with Crippen molar-refractivity contribution in [1.29, 1.82) is 0 Å². The molecular weight excluding hydrogens is 266 g/mol. The second-order valence-electron chi connectivity index (χ2n) is 7.00. The van der Waals surface area contributed by atoms with Crippen molar-refractivity contribution in [2.45, 2.75) is 64.0 Å². The fraction of sp³-hybridized carbons (Fsp3) is 0.875. The summed E-state index contributed by atoms with van der Waals surface area (Å²) in [6, 6.07) is -0.258. The van der Waals surface area contributed by atoms with Gasteiger partial charge in [0.1, 0.15) is 0 Å². The molecule has 0 aromatic heterocycles. The van der Waals surface area contributed by atoms with Crippen molar-refractivity contribution < 1.29 is 9.59 Å². The van der Waals surface area contributed by atoms with Gasteiger partial charge in [-0.15, -0.1) is 0 Å². The van der Waals surface area contributed by atoms with Crippen LogP contribution < -0.4 is 10.6 Å². The monoisotopic (exact) mass is 293 g/mol. The van der Waals surface area contributed by atoms with Gasteiger partial charge in [-0.1, -0.05) is 19.3 Å². The number of hydrogen-bond donors (Lipinski definition) is 2. The number of hydrogen-bond acceptors (Lipinski definition) is 3. The lowest BCUT2D eigenvalue weighted by molar-refractivity contribution is -0.126. The normalized spacial score (nSPS) is 31.1. The largest absolute Gasteiger partial charge is 0.335 e. The lowest BCUT2D eigenvalue weighted by Crippen LogP contribution is -2.53. The van der Waals surface area contributed by atoms with Crippen molar-refractivity contribution in [2.24, 2.45) is 11.8 Å². The molecule has 3 fully saturated rings. The van der Waals surface area contributed by atoms with Gasteiger partial charge in [0.2, 0.25) is 5.91 Å². The predicted molar refractivity (Wildman–Crippen MR) is 80.8 cm³/mol. The minimum atomic E-state index is -0.332. The molecule has 5 heteroatoms. The molecule has 3 rings (SSSR count). The van der Waals surface area contributed by atoms with Crippen LogP contribution in [0.15, 0.2) is 0 Å². The van der Waals surface area contributed by atoms with Crippen molar-refractivity contribution in [3.63, 3.8) is 0 Å². The highest BCUT2D eigenvalue weighted by molar-refractivity contribution is 5.97. The zero-order valence-electron chi connectivity index (χ0n) is 12.9. The van der Waals surface area contributed by atoms with Crippen molar-refractivity contribution in [1.82, 2.24) is 15.5 Å². The fourth-order valence-electron chi connectivity index (χ4n) is 3.81. The second-order valence-corrected chi connectivity index (χ2v) is 7.00. The summed E-state index contributed by atoms with van der Waals surface area (Å²) in [4.78, 5) is 26.1. The van der Waals surface area contributed by atoms with E-state index >= 15 is 0 Å². The van der Waals surface area contributed by atoms with Crippen molar-refractivity contribution in [3.8, 4) is 0 Å². The summed E-state index contributed by atoms with van der Waals surface area (Å²) in [6.07, 6.45) is 8.65. The summed E-state index contributed by atoms with van der Waals surface area (Å²) < 4.78 is 0. The smallest absolute Gasteiger partial charge is 0.321 e. The van der Waals surface area contributed by atoms with Gasteiger partial charge in [0, 0.05) is 12.6 Å². The Bertz CT molecular complexity index is 408. The third-order valence-electron chi connectivity index (χ3n) is 5.40. The number of carbonyl (C=O) groups excluding carboxylic acids is 2. The van der Waals surface area contributed by atoms with Crippen molar-refractivity contribution in [3.05, 3.63) is 0 Å². The van der Waals surface area contributed by atoms with E-state index in [0.717, 1.165) is 37.8 Å². The maximum atomic E-state index is 12.2. The molecule has 3 atom stereocenters. The number of piperidine rings is 1. The van der Waals surface area contributed by atoms with Gasteiger partial charge < -0.3 is 5.32 Å². The Balaban J connectivity index is 1.48. The van der Waals surface area contributed by atoms with Crippen molar-refractivity contribution >= 4 is 11.9 Å². The molecular formula is C16H27N3O2. The molecule has 0 spiro atoms. The van der Waals surface area contributed by atoms with Gasteiger partial charge in [-0.3, -0.25) is 15.0 Å². The topological polar surface area (TPSA) is 61.4 Å². The van der Waals surface area contributed by atoms with Crippen LogP contribution in [0.5, 0.6) is 0 Å². The van der Waals surface area contributed by atoms with Gasteiger partial charge >= 0.3 is 6.03 Å². The zero-order chi connectivity index (χ0) is 14.8. The maximum absolute atomic E-state index is 12.2. The molecule has 0 aromatic rings. The summed E-state index contributed by atoms with van der Waals surface area (Å²) in [7, 11) is 0. The fourth-order valence-corrected chi connectivity index (χ4v) is 3.81. The number of imide groups is 1. The minimum Gasteiger partial charge on any atom is -0.335 e. The Kier molecular flexibility index (Phi) is 4.48. The third-order valence-corrected chi connectivity index (χ3v) is 5.40. The van der Waals surface area contributed by atoms with Crippen LogP contribution in [0.2, 0.25) is 0 Å². The molecule has 0 unspecified atom stereocenters. The molecule has 21 heavy (non-hydrogen) atoms. The molecule has 5 nitrogen and oxygen atoms in total. The SMILES string of the molecule is C[C@H](C(=O)NC(=O)NC1CC1)N1CC[C@@H]2CCCC[C@@H]2C1. The lowest BCUT2D eigenvalue weighted by atomic mass is 9.75. The number of urea groups is 1. The molecule has 1 heterocycles. The first-order valence-electron chi connectivity index (χ1n) is 8.49. The Morgan fingerprint density at radius 1 is 1.05 bits per heavy atom. The second kappa shape index (κ2) is 6.34. The summed E-state index contributed by atoms with van der Waals surface area (Å²) in [6.45, 7) is 3.92.